The highest BCUT2D eigenvalue weighted by Gasteiger charge is 2.09. The topological polar surface area (TPSA) is 61.6 Å². The smallest absolute Gasteiger partial charge is 0.357 e. The Labute approximate surface area is 115 Å². The molecule has 5 nitrogen and oxygen atoms in total. The fraction of sp³-hybridized carbons (Fsp3) is 0.385. The fourth-order valence-electron chi connectivity index (χ4n) is 1.47. The summed E-state index contributed by atoms with van der Waals surface area (Å²) in [4.78, 5) is 15.4. The van der Waals surface area contributed by atoms with Gasteiger partial charge in [-0.3, -0.25) is 0 Å². The SMILES string of the molecule is CCOCc1ccc(CCOC(=O)c2cscn2)o1. The van der Waals surface area contributed by atoms with Gasteiger partial charge in [0.15, 0.2) is 5.69 Å². The molecule has 0 saturated heterocycles. The zero-order chi connectivity index (χ0) is 13.5. The quantitative estimate of drug-likeness (QED) is 0.730. The van der Waals surface area contributed by atoms with Gasteiger partial charge in [-0.05, 0) is 19.1 Å². The molecule has 2 heterocycles. The minimum absolute atomic E-state index is 0.276. The van der Waals surface area contributed by atoms with Gasteiger partial charge < -0.3 is 13.9 Å². The van der Waals surface area contributed by atoms with Gasteiger partial charge >= 0.3 is 5.97 Å². The second kappa shape index (κ2) is 7.06. The van der Waals surface area contributed by atoms with Gasteiger partial charge in [-0.2, -0.15) is 0 Å². The molecule has 0 aliphatic heterocycles. The summed E-state index contributed by atoms with van der Waals surface area (Å²) in [5, 5.41) is 1.66. The van der Waals surface area contributed by atoms with Gasteiger partial charge in [0.25, 0.3) is 0 Å². The lowest BCUT2D eigenvalue weighted by atomic mass is 10.3. The molecular formula is C13H15NO4S. The van der Waals surface area contributed by atoms with Crippen LogP contribution in [0.4, 0.5) is 0 Å². The summed E-state index contributed by atoms with van der Waals surface area (Å²) in [6.45, 7) is 3.33. The van der Waals surface area contributed by atoms with Crippen LogP contribution in [0.15, 0.2) is 27.4 Å². The number of aromatic nitrogens is 1. The van der Waals surface area contributed by atoms with Crippen LogP contribution in [-0.4, -0.2) is 24.2 Å². The number of esters is 1. The molecule has 0 atom stereocenters. The number of carbonyl (C=O) groups excluding carboxylic acids is 1. The highest BCUT2D eigenvalue weighted by atomic mass is 32.1. The van der Waals surface area contributed by atoms with Gasteiger partial charge in [-0.25, -0.2) is 9.78 Å². The Hall–Kier alpha value is -1.66. The Balaban J connectivity index is 1.73. The lowest BCUT2D eigenvalue weighted by Crippen LogP contribution is -2.08. The Kier molecular flexibility index (Phi) is 5.11. The van der Waals surface area contributed by atoms with E-state index in [1.165, 1.54) is 11.3 Å². The number of hydrogen-bond donors (Lipinski definition) is 0. The van der Waals surface area contributed by atoms with Gasteiger partial charge in [-0.15, -0.1) is 11.3 Å². The maximum atomic E-state index is 11.5. The summed E-state index contributed by atoms with van der Waals surface area (Å²) in [5.41, 5.74) is 1.95. The molecule has 0 radical (unpaired) electrons. The molecule has 0 aliphatic carbocycles. The van der Waals surface area contributed by atoms with E-state index in [0.717, 1.165) is 11.5 Å². The van der Waals surface area contributed by atoms with E-state index in [4.69, 9.17) is 13.9 Å². The standard InChI is InChI=1S/C13H15NO4S/c1-2-16-7-11-4-3-10(18-11)5-6-17-13(15)12-8-19-9-14-12/h3-4,8-9H,2,5-7H2,1H3. The van der Waals surface area contributed by atoms with Crippen molar-refractivity contribution in [3.63, 3.8) is 0 Å². The van der Waals surface area contributed by atoms with Crippen LogP contribution in [0, 0.1) is 0 Å². The zero-order valence-electron chi connectivity index (χ0n) is 10.6. The third kappa shape index (κ3) is 4.18. The second-order valence-corrected chi connectivity index (χ2v) is 4.48. The molecule has 0 spiro atoms. The molecule has 6 heteroatoms. The largest absolute Gasteiger partial charge is 0.463 e. The van der Waals surface area contributed by atoms with Crippen LogP contribution in [0.25, 0.3) is 0 Å². The molecule has 0 unspecified atom stereocenters. The van der Waals surface area contributed by atoms with Crippen LogP contribution >= 0.6 is 11.3 Å². The van der Waals surface area contributed by atoms with Crippen LogP contribution < -0.4 is 0 Å². The summed E-state index contributed by atoms with van der Waals surface area (Å²) in [5.74, 6) is 1.16. The summed E-state index contributed by atoms with van der Waals surface area (Å²) in [6, 6.07) is 3.73. The van der Waals surface area contributed by atoms with Gasteiger partial charge in [0, 0.05) is 18.4 Å². The lowest BCUT2D eigenvalue weighted by Gasteiger charge is -2.01. The summed E-state index contributed by atoms with van der Waals surface area (Å²) >= 11 is 1.36. The molecule has 0 N–H and O–H groups in total. The first-order valence-electron chi connectivity index (χ1n) is 6.00. The number of carbonyl (C=O) groups is 1. The van der Waals surface area contributed by atoms with E-state index in [1.807, 2.05) is 19.1 Å². The molecule has 0 amide bonds. The van der Waals surface area contributed by atoms with Crippen molar-refractivity contribution in [1.82, 2.24) is 4.98 Å². The average molecular weight is 281 g/mol. The Morgan fingerprint density at radius 3 is 3.00 bits per heavy atom. The molecule has 19 heavy (non-hydrogen) atoms. The third-order valence-electron chi connectivity index (χ3n) is 2.39. The first-order valence-corrected chi connectivity index (χ1v) is 6.94. The molecule has 2 rings (SSSR count). The number of nitrogens with zero attached hydrogens (tertiary/aromatic N) is 1. The average Bonchev–Trinajstić information content (AvgIpc) is 3.07. The first kappa shape index (κ1) is 13.8. The molecule has 0 aliphatic rings. The Morgan fingerprint density at radius 2 is 2.26 bits per heavy atom. The predicted octanol–water partition coefficient (Wildman–Crippen LogP) is 2.67. The van der Waals surface area contributed by atoms with Crippen molar-refractivity contribution in [2.45, 2.75) is 20.0 Å². The first-order chi connectivity index (χ1) is 9.29. The molecule has 0 fully saturated rings. The van der Waals surface area contributed by atoms with Crippen molar-refractivity contribution < 1.29 is 18.7 Å². The lowest BCUT2D eigenvalue weighted by molar-refractivity contribution is 0.0497. The highest BCUT2D eigenvalue weighted by molar-refractivity contribution is 7.07. The van der Waals surface area contributed by atoms with Crippen molar-refractivity contribution in [3.05, 3.63) is 40.2 Å². The summed E-state index contributed by atoms with van der Waals surface area (Å²) < 4.78 is 15.9. The van der Waals surface area contributed by atoms with E-state index in [9.17, 15) is 4.79 Å². The maximum absolute atomic E-state index is 11.5. The van der Waals surface area contributed by atoms with E-state index in [1.54, 1.807) is 10.9 Å². The van der Waals surface area contributed by atoms with Gasteiger partial charge in [0.05, 0.1) is 12.1 Å². The monoisotopic (exact) mass is 281 g/mol. The van der Waals surface area contributed by atoms with Crippen LogP contribution in [-0.2, 0) is 22.5 Å². The van der Waals surface area contributed by atoms with E-state index in [2.05, 4.69) is 4.98 Å². The van der Waals surface area contributed by atoms with Crippen molar-refractivity contribution >= 4 is 17.3 Å². The zero-order valence-corrected chi connectivity index (χ0v) is 11.4. The van der Waals surface area contributed by atoms with Crippen molar-refractivity contribution in [3.8, 4) is 0 Å². The fourth-order valence-corrected chi connectivity index (χ4v) is 1.99. The van der Waals surface area contributed by atoms with E-state index < -0.39 is 5.97 Å². The predicted molar refractivity (Wildman–Crippen MR) is 70.1 cm³/mol. The Bertz CT molecular complexity index is 506. The number of rotatable bonds is 7. The van der Waals surface area contributed by atoms with Crippen LogP contribution in [0.2, 0.25) is 0 Å². The third-order valence-corrected chi connectivity index (χ3v) is 2.98. The minimum Gasteiger partial charge on any atom is -0.463 e. The molecule has 0 aromatic carbocycles. The molecule has 0 bridgehead atoms. The van der Waals surface area contributed by atoms with Crippen LogP contribution in [0.3, 0.4) is 0 Å². The maximum Gasteiger partial charge on any atom is 0.357 e. The molecule has 102 valence electrons. The van der Waals surface area contributed by atoms with Crippen molar-refractivity contribution in [1.29, 1.82) is 0 Å². The summed E-state index contributed by atoms with van der Waals surface area (Å²) in [7, 11) is 0. The molecule has 2 aromatic heterocycles. The van der Waals surface area contributed by atoms with Crippen LogP contribution in [0.5, 0.6) is 0 Å². The molecule has 0 saturated carbocycles. The minimum atomic E-state index is -0.401. The van der Waals surface area contributed by atoms with E-state index >= 15 is 0 Å². The van der Waals surface area contributed by atoms with Crippen molar-refractivity contribution in [2.75, 3.05) is 13.2 Å². The normalized spacial score (nSPS) is 10.6. The number of hydrogen-bond acceptors (Lipinski definition) is 6. The molecule has 2 aromatic rings. The van der Waals surface area contributed by atoms with E-state index in [-0.39, 0.29) is 6.61 Å². The molecular weight excluding hydrogens is 266 g/mol. The van der Waals surface area contributed by atoms with E-state index in [0.29, 0.717) is 25.3 Å². The Morgan fingerprint density at radius 1 is 1.42 bits per heavy atom. The number of ether oxygens (including phenoxy) is 2. The second-order valence-electron chi connectivity index (χ2n) is 3.76. The van der Waals surface area contributed by atoms with Crippen molar-refractivity contribution in [2.24, 2.45) is 0 Å². The van der Waals surface area contributed by atoms with Gasteiger partial charge in [0.2, 0.25) is 0 Å². The highest BCUT2D eigenvalue weighted by Crippen LogP contribution is 2.10. The summed E-state index contributed by atoms with van der Waals surface area (Å²) in [6.07, 6.45) is 0.544. The number of thiazole rings is 1. The number of furan rings is 1. The van der Waals surface area contributed by atoms with Crippen LogP contribution in [0.1, 0.15) is 28.9 Å². The van der Waals surface area contributed by atoms with Gasteiger partial charge in [-0.1, -0.05) is 0 Å². The van der Waals surface area contributed by atoms with Gasteiger partial charge in [0.1, 0.15) is 18.1 Å².